The van der Waals surface area contributed by atoms with E-state index in [0.717, 1.165) is 41.0 Å². The Balaban J connectivity index is 1.42. The van der Waals surface area contributed by atoms with Crippen LogP contribution in [0.25, 0.3) is 22.2 Å². The molecule has 0 spiro atoms. The van der Waals surface area contributed by atoms with Crippen molar-refractivity contribution < 1.29 is 21.6 Å². The zero-order valence-electron chi connectivity index (χ0n) is 20.0. The summed E-state index contributed by atoms with van der Waals surface area (Å²) in [5, 5.41) is 0. The fourth-order valence-electron chi connectivity index (χ4n) is 4.55. The van der Waals surface area contributed by atoms with E-state index in [2.05, 4.69) is 9.71 Å². The molecule has 0 amide bonds. The quantitative estimate of drug-likeness (QED) is 0.316. The Bertz CT molecular complexity index is 1540. The molecule has 0 aliphatic heterocycles. The highest BCUT2D eigenvalue weighted by Crippen LogP contribution is 2.54. The molecule has 5 rings (SSSR count). The number of aromatic amines is 1. The summed E-state index contributed by atoms with van der Waals surface area (Å²) in [4.78, 5) is 8.26. The van der Waals surface area contributed by atoms with Crippen molar-refractivity contribution in [3.05, 3.63) is 83.7 Å². The van der Waals surface area contributed by atoms with Crippen LogP contribution in [0.2, 0.25) is 0 Å². The third-order valence-corrected chi connectivity index (χ3v) is 8.05. The summed E-state index contributed by atoms with van der Waals surface area (Å²) in [6.07, 6.45) is -3.55. The van der Waals surface area contributed by atoms with Crippen LogP contribution in [-0.2, 0) is 16.2 Å². The van der Waals surface area contributed by atoms with E-state index in [0.29, 0.717) is 11.1 Å². The number of hydrogen-bond donors (Lipinski definition) is 2. The summed E-state index contributed by atoms with van der Waals surface area (Å²) in [6.45, 7) is 5.38. The lowest BCUT2D eigenvalue weighted by Gasteiger charge is -2.21. The second kappa shape index (κ2) is 8.45. The maximum atomic E-state index is 13.1. The molecular formula is C27H26F3N3O2S. The fourth-order valence-corrected chi connectivity index (χ4v) is 6.20. The molecule has 0 bridgehead atoms. The number of halogens is 3. The molecule has 36 heavy (non-hydrogen) atoms. The number of hydrogen-bond acceptors (Lipinski definition) is 3. The van der Waals surface area contributed by atoms with Crippen molar-refractivity contribution in [1.29, 1.82) is 0 Å². The predicted molar refractivity (Wildman–Crippen MR) is 133 cm³/mol. The van der Waals surface area contributed by atoms with E-state index in [1.165, 1.54) is 12.1 Å². The first kappa shape index (κ1) is 24.5. The van der Waals surface area contributed by atoms with Crippen LogP contribution < -0.4 is 4.72 Å². The lowest BCUT2D eigenvalue weighted by molar-refractivity contribution is -0.137. The zero-order chi connectivity index (χ0) is 25.9. The number of rotatable bonds is 5. The summed E-state index contributed by atoms with van der Waals surface area (Å²) in [6, 6.07) is 17.8. The molecule has 1 heterocycles. The number of alkyl halides is 3. The van der Waals surface area contributed by atoms with Crippen molar-refractivity contribution in [2.24, 2.45) is 0 Å². The number of fused-ring (bicyclic) bond motifs is 1. The third kappa shape index (κ3) is 4.90. The van der Waals surface area contributed by atoms with Crippen molar-refractivity contribution in [2.75, 3.05) is 0 Å². The lowest BCUT2D eigenvalue weighted by Crippen LogP contribution is -2.40. The first-order valence-electron chi connectivity index (χ1n) is 11.6. The van der Waals surface area contributed by atoms with Crippen molar-refractivity contribution in [1.82, 2.24) is 14.7 Å². The van der Waals surface area contributed by atoms with E-state index in [1.807, 2.05) is 18.2 Å². The second-order valence-electron chi connectivity index (χ2n) is 10.3. The van der Waals surface area contributed by atoms with Crippen LogP contribution in [-0.4, -0.2) is 23.9 Å². The third-order valence-electron chi connectivity index (χ3n) is 6.24. The van der Waals surface area contributed by atoms with Gasteiger partial charge in [-0.2, -0.15) is 13.2 Å². The van der Waals surface area contributed by atoms with E-state index in [-0.39, 0.29) is 16.7 Å². The van der Waals surface area contributed by atoms with Gasteiger partial charge in [0.05, 0.1) is 21.5 Å². The molecule has 9 heteroatoms. The SMILES string of the molecule is CC(C)(C)NS(=O)(=O)c1ccccc1-c1ccc2[nH]c(C3CC3c3ccc(C(F)(F)F)cc3)nc2c1. The minimum absolute atomic E-state index is 0.0984. The molecule has 1 aromatic heterocycles. The number of imidazole rings is 1. The normalized spacial score (nSPS) is 18.5. The Hall–Kier alpha value is -3.17. The molecule has 0 radical (unpaired) electrons. The molecule has 2 N–H and O–H groups in total. The molecule has 1 saturated carbocycles. The van der Waals surface area contributed by atoms with Gasteiger partial charge in [0, 0.05) is 17.0 Å². The van der Waals surface area contributed by atoms with E-state index >= 15 is 0 Å². The minimum atomic E-state index is -4.35. The van der Waals surface area contributed by atoms with Crippen LogP contribution in [0.1, 0.15) is 56.0 Å². The van der Waals surface area contributed by atoms with Crippen LogP contribution in [0.15, 0.2) is 71.6 Å². The molecule has 2 unspecified atom stereocenters. The largest absolute Gasteiger partial charge is 0.416 e. The summed E-state index contributed by atoms with van der Waals surface area (Å²) < 4.78 is 67.4. The van der Waals surface area contributed by atoms with Crippen LogP contribution in [0, 0.1) is 0 Å². The minimum Gasteiger partial charge on any atom is -0.342 e. The molecular weight excluding hydrogens is 487 g/mol. The number of nitrogens with one attached hydrogen (secondary N) is 2. The van der Waals surface area contributed by atoms with Gasteiger partial charge < -0.3 is 4.98 Å². The van der Waals surface area contributed by atoms with E-state index < -0.39 is 27.3 Å². The van der Waals surface area contributed by atoms with E-state index in [4.69, 9.17) is 4.98 Å². The molecule has 4 aromatic rings. The monoisotopic (exact) mass is 513 g/mol. The Morgan fingerprint density at radius 3 is 2.31 bits per heavy atom. The van der Waals surface area contributed by atoms with Crippen molar-refractivity contribution in [2.45, 2.75) is 55.6 Å². The first-order valence-corrected chi connectivity index (χ1v) is 13.1. The van der Waals surface area contributed by atoms with Gasteiger partial charge in [0.25, 0.3) is 0 Å². The van der Waals surface area contributed by atoms with E-state index in [9.17, 15) is 21.6 Å². The maximum absolute atomic E-state index is 13.1. The van der Waals surface area contributed by atoms with Gasteiger partial charge in [-0.15, -0.1) is 0 Å². The summed E-state index contributed by atoms with van der Waals surface area (Å²) >= 11 is 0. The number of aromatic nitrogens is 2. The van der Waals surface area contributed by atoms with Crippen molar-refractivity contribution in [3.8, 4) is 11.1 Å². The highest BCUT2D eigenvalue weighted by atomic mass is 32.2. The number of nitrogens with zero attached hydrogens (tertiary/aromatic N) is 1. The van der Waals surface area contributed by atoms with Crippen molar-refractivity contribution in [3.63, 3.8) is 0 Å². The highest BCUT2D eigenvalue weighted by Gasteiger charge is 2.42. The van der Waals surface area contributed by atoms with Gasteiger partial charge in [-0.1, -0.05) is 36.4 Å². The van der Waals surface area contributed by atoms with Gasteiger partial charge in [0.1, 0.15) is 5.82 Å². The smallest absolute Gasteiger partial charge is 0.342 e. The second-order valence-corrected chi connectivity index (χ2v) is 11.9. The summed E-state index contributed by atoms with van der Waals surface area (Å²) in [5.41, 5.74) is 2.41. The topological polar surface area (TPSA) is 74.8 Å². The molecule has 1 fully saturated rings. The zero-order valence-corrected chi connectivity index (χ0v) is 20.8. The lowest BCUT2D eigenvalue weighted by atomic mass is 10.1. The highest BCUT2D eigenvalue weighted by molar-refractivity contribution is 7.89. The van der Waals surface area contributed by atoms with Gasteiger partial charge in [-0.05, 0) is 74.6 Å². The molecule has 0 saturated heterocycles. The van der Waals surface area contributed by atoms with Crippen LogP contribution in [0.5, 0.6) is 0 Å². The predicted octanol–water partition coefficient (Wildman–Crippen LogP) is 6.60. The molecule has 2 atom stereocenters. The number of benzene rings is 3. The average molecular weight is 514 g/mol. The molecule has 5 nitrogen and oxygen atoms in total. The van der Waals surface area contributed by atoms with Gasteiger partial charge in [-0.3, -0.25) is 0 Å². The van der Waals surface area contributed by atoms with Crippen LogP contribution >= 0.6 is 0 Å². The Kier molecular flexibility index (Phi) is 5.76. The van der Waals surface area contributed by atoms with E-state index in [1.54, 1.807) is 45.0 Å². The van der Waals surface area contributed by atoms with Gasteiger partial charge in [0.2, 0.25) is 10.0 Å². The number of sulfonamides is 1. The standard InChI is InChI=1S/C27H26F3N3O2S/c1-26(2,3)33-36(34,35)24-7-5-4-6-19(24)17-10-13-22-23(14-17)32-25(31-22)21-15-20(21)16-8-11-18(12-9-16)27(28,29)30/h4-14,20-21,33H,15H2,1-3H3,(H,31,32). The Morgan fingerprint density at radius 2 is 1.64 bits per heavy atom. The first-order chi connectivity index (χ1) is 16.8. The van der Waals surface area contributed by atoms with Crippen molar-refractivity contribution >= 4 is 21.1 Å². The maximum Gasteiger partial charge on any atom is 0.416 e. The van der Waals surface area contributed by atoms with Gasteiger partial charge in [0.15, 0.2) is 0 Å². The fraction of sp³-hybridized carbons (Fsp3) is 0.296. The Labute approximate surface area is 207 Å². The van der Waals surface area contributed by atoms with Gasteiger partial charge in [-0.25, -0.2) is 18.1 Å². The Morgan fingerprint density at radius 1 is 0.944 bits per heavy atom. The average Bonchev–Trinajstić information content (AvgIpc) is 3.48. The molecule has 3 aromatic carbocycles. The number of H-pyrrole nitrogens is 1. The van der Waals surface area contributed by atoms with Crippen LogP contribution in [0.3, 0.4) is 0 Å². The summed E-state index contributed by atoms with van der Waals surface area (Å²) in [7, 11) is -3.75. The molecule has 1 aliphatic rings. The molecule has 188 valence electrons. The summed E-state index contributed by atoms with van der Waals surface area (Å²) in [5.74, 6) is 0.991. The molecule has 1 aliphatic carbocycles. The van der Waals surface area contributed by atoms with Crippen LogP contribution in [0.4, 0.5) is 13.2 Å². The van der Waals surface area contributed by atoms with Gasteiger partial charge >= 0.3 is 6.18 Å².